The summed E-state index contributed by atoms with van der Waals surface area (Å²) in [4.78, 5) is 26.3. The number of carboxylic acids is 1. The number of anilines is 1. The molecule has 1 N–H and O–H groups in total. The molecule has 2 aliphatic heterocycles. The molecule has 2 heterocycles. The van der Waals surface area contributed by atoms with Gasteiger partial charge in [-0.1, -0.05) is 0 Å². The summed E-state index contributed by atoms with van der Waals surface area (Å²) < 4.78 is 0. The summed E-state index contributed by atoms with van der Waals surface area (Å²) in [7, 11) is 0. The van der Waals surface area contributed by atoms with Gasteiger partial charge >= 0.3 is 5.97 Å². The Balaban J connectivity index is 1.83. The van der Waals surface area contributed by atoms with Crippen LogP contribution in [0.25, 0.3) is 0 Å². The van der Waals surface area contributed by atoms with Gasteiger partial charge in [0, 0.05) is 30.9 Å². The molecule has 0 bridgehead atoms. The van der Waals surface area contributed by atoms with Crippen LogP contribution >= 0.6 is 0 Å². The van der Waals surface area contributed by atoms with E-state index in [0.29, 0.717) is 6.04 Å². The van der Waals surface area contributed by atoms with E-state index in [4.69, 9.17) is 5.11 Å². The third-order valence-corrected chi connectivity index (χ3v) is 4.78. The zero-order valence-electron chi connectivity index (χ0n) is 13.0. The average Bonchev–Trinajstić information content (AvgIpc) is 3.18. The second-order valence-electron chi connectivity index (χ2n) is 6.26. The molecule has 2 fully saturated rings. The van der Waals surface area contributed by atoms with Crippen molar-refractivity contribution in [3.8, 4) is 0 Å². The van der Waals surface area contributed by atoms with Crippen molar-refractivity contribution in [3.63, 3.8) is 0 Å². The quantitative estimate of drug-likeness (QED) is 0.662. The third kappa shape index (κ3) is 3.29. The van der Waals surface area contributed by atoms with Crippen LogP contribution in [0.4, 0.5) is 11.4 Å². The van der Waals surface area contributed by atoms with Crippen LogP contribution in [-0.2, 0) is 0 Å². The number of hydrogen-bond donors (Lipinski definition) is 1. The van der Waals surface area contributed by atoms with Crippen LogP contribution in [0, 0.1) is 10.1 Å². The van der Waals surface area contributed by atoms with Crippen molar-refractivity contribution in [2.24, 2.45) is 0 Å². The van der Waals surface area contributed by atoms with Crippen LogP contribution in [0.2, 0.25) is 0 Å². The third-order valence-electron chi connectivity index (χ3n) is 4.78. The summed E-state index contributed by atoms with van der Waals surface area (Å²) in [6.45, 7) is 4.10. The molecule has 0 amide bonds. The number of carbonyl (C=O) groups is 1. The first-order valence-electron chi connectivity index (χ1n) is 8.07. The van der Waals surface area contributed by atoms with Gasteiger partial charge in [0.1, 0.15) is 5.56 Å². The predicted octanol–water partition coefficient (Wildman–Crippen LogP) is 2.36. The Morgan fingerprint density at radius 1 is 1.26 bits per heavy atom. The highest BCUT2D eigenvalue weighted by atomic mass is 16.6. The summed E-state index contributed by atoms with van der Waals surface area (Å²) in [5.74, 6) is -1.27. The molecule has 0 saturated carbocycles. The Hall–Kier alpha value is -2.15. The molecule has 23 heavy (non-hydrogen) atoms. The van der Waals surface area contributed by atoms with Crippen LogP contribution in [0.1, 0.15) is 36.0 Å². The number of nitro benzene ring substituents is 1. The van der Waals surface area contributed by atoms with E-state index >= 15 is 0 Å². The lowest BCUT2D eigenvalue weighted by molar-refractivity contribution is -0.385. The summed E-state index contributed by atoms with van der Waals surface area (Å²) in [5, 5.41) is 20.3. The Morgan fingerprint density at radius 2 is 2.00 bits per heavy atom. The van der Waals surface area contributed by atoms with Crippen molar-refractivity contribution < 1.29 is 14.8 Å². The van der Waals surface area contributed by atoms with E-state index in [1.54, 1.807) is 6.07 Å². The van der Waals surface area contributed by atoms with E-state index in [9.17, 15) is 14.9 Å². The molecule has 2 aliphatic rings. The number of rotatable bonds is 5. The van der Waals surface area contributed by atoms with Gasteiger partial charge in [-0.05, 0) is 50.9 Å². The Kier molecular flexibility index (Phi) is 4.47. The molecule has 7 nitrogen and oxygen atoms in total. The SMILES string of the molecule is O=C(O)c1ccc(N2CCC[C@H]2CN2CCCC2)cc1[N+](=O)[O-]. The van der Waals surface area contributed by atoms with E-state index in [0.717, 1.165) is 44.7 Å². The van der Waals surface area contributed by atoms with Crippen LogP contribution in [0.3, 0.4) is 0 Å². The molecule has 7 heteroatoms. The monoisotopic (exact) mass is 319 g/mol. The standard InChI is InChI=1S/C16H21N3O4/c20-16(21)14-6-5-12(10-15(14)19(22)23)18-9-3-4-13(18)11-17-7-1-2-8-17/h5-6,10,13H,1-4,7-9,11H2,(H,20,21)/t13-/m0/s1. The minimum absolute atomic E-state index is 0.256. The highest BCUT2D eigenvalue weighted by Crippen LogP contribution is 2.31. The maximum Gasteiger partial charge on any atom is 0.342 e. The van der Waals surface area contributed by atoms with Gasteiger partial charge in [-0.2, -0.15) is 0 Å². The van der Waals surface area contributed by atoms with Gasteiger partial charge in [-0.15, -0.1) is 0 Å². The zero-order valence-corrected chi connectivity index (χ0v) is 13.0. The molecule has 3 rings (SSSR count). The van der Waals surface area contributed by atoms with Gasteiger partial charge in [0.25, 0.3) is 5.69 Å². The van der Waals surface area contributed by atoms with E-state index < -0.39 is 10.9 Å². The van der Waals surface area contributed by atoms with Gasteiger partial charge < -0.3 is 14.9 Å². The molecule has 1 aromatic rings. The smallest absolute Gasteiger partial charge is 0.342 e. The van der Waals surface area contributed by atoms with Crippen molar-refractivity contribution in [1.82, 2.24) is 4.90 Å². The number of likely N-dealkylation sites (tertiary alicyclic amines) is 1. The fourth-order valence-electron chi connectivity index (χ4n) is 3.66. The number of hydrogen-bond acceptors (Lipinski definition) is 5. The molecule has 2 saturated heterocycles. The molecule has 1 aromatic carbocycles. The van der Waals surface area contributed by atoms with E-state index in [2.05, 4.69) is 9.80 Å². The molecule has 0 aliphatic carbocycles. The van der Waals surface area contributed by atoms with Crippen LogP contribution in [0.15, 0.2) is 18.2 Å². The highest BCUT2D eigenvalue weighted by Gasteiger charge is 2.29. The molecule has 0 spiro atoms. The van der Waals surface area contributed by atoms with Crippen LogP contribution in [-0.4, -0.2) is 53.1 Å². The maximum atomic E-state index is 11.2. The van der Waals surface area contributed by atoms with Crippen molar-refractivity contribution in [3.05, 3.63) is 33.9 Å². The van der Waals surface area contributed by atoms with E-state index in [1.165, 1.54) is 25.0 Å². The lowest BCUT2D eigenvalue weighted by atomic mass is 10.1. The molecular formula is C16H21N3O4. The number of nitro groups is 1. The summed E-state index contributed by atoms with van der Waals surface area (Å²) in [6, 6.07) is 4.80. The van der Waals surface area contributed by atoms with Gasteiger partial charge in [0.05, 0.1) is 4.92 Å². The molecule has 0 unspecified atom stereocenters. The van der Waals surface area contributed by atoms with Crippen molar-refractivity contribution in [2.45, 2.75) is 31.7 Å². The zero-order chi connectivity index (χ0) is 16.4. The van der Waals surface area contributed by atoms with Gasteiger partial charge in [0.15, 0.2) is 0 Å². The second-order valence-corrected chi connectivity index (χ2v) is 6.26. The summed E-state index contributed by atoms with van der Waals surface area (Å²) in [5.41, 5.74) is 0.166. The number of benzene rings is 1. The molecule has 1 atom stereocenters. The van der Waals surface area contributed by atoms with Crippen molar-refractivity contribution in [1.29, 1.82) is 0 Å². The summed E-state index contributed by atoms with van der Waals surface area (Å²) in [6.07, 6.45) is 4.62. The highest BCUT2D eigenvalue weighted by molar-refractivity contribution is 5.93. The van der Waals surface area contributed by atoms with E-state index in [-0.39, 0.29) is 11.3 Å². The Labute approximate surface area is 134 Å². The first kappa shape index (κ1) is 15.7. The van der Waals surface area contributed by atoms with E-state index in [1.807, 2.05) is 0 Å². The maximum absolute atomic E-state index is 11.2. The molecule has 0 radical (unpaired) electrons. The Morgan fingerprint density at radius 3 is 2.65 bits per heavy atom. The first-order chi connectivity index (χ1) is 11.1. The summed E-state index contributed by atoms with van der Waals surface area (Å²) >= 11 is 0. The van der Waals surface area contributed by atoms with Crippen molar-refractivity contribution >= 4 is 17.3 Å². The minimum Gasteiger partial charge on any atom is -0.477 e. The number of nitrogens with zero attached hydrogens (tertiary/aromatic N) is 3. The first-order valence-corrected chi connectivity index (χ1v) is 8.07. The topological polar surface area (TPSA) is 86.9 Å². The fraction of sp³-hybridized carbons (Fsp3) is 0.562. The molecule has 0 aromatic heterocycles. The lowest BCUT2D eigenvalue weighted by Gasteiger charge is -2.30. The van der Waals surface area contributed by atoms with Crippen LogP contribution in [0.5, 0.6) is 0 Å². The lowest BCUT2D eigenvalue weighted by Crippen LogP contribution is -2.39. The predicted molar refractivity (Wildman–Crippen MR) is 86.1 cm³/mol. The molecular weight excluding hydrogens is 298 g/mol. The number of aromatic carboxylic acids is 1. The van der Waals surface area contributed by atoms with Crippen LogP contribution < -0.4 is 4.90 Å². The van der Waals surface area contributed by atoms with Gasteiger partial charge in [-0.25, -0.2) is 4.79 Å². The number of carboxylic acid groups (broad SMARTS) is 1. The Bertz CT molecular complexity index is 613. The van der Waals surface area contributed by atoms with Gasteiger partial charge in [0.2, 0.25) is 0 Å². The molecule has 124 valence electrons. The second kappa shape index (κ2) is 6.54. The average molecular weight is 319 g/mol. The van der Waals surface area contributed by atoms with Gasteiger partial charge in [-0.3, -0.25) is 10.1 Å². The fourth-order valence-corrected chi connectivity index (χ4v) is 3.66. The normalized spacial score (nSPS) is 21.7. The largest absolute Gasteiger partial charge is 0.477 e. The van der Waals surface area contributed by atoms with Crippen molar-refractivity contribution in [2.75, 3.05) is 31.1 Å². The minimum atomic E-state index is -1.27.